The molecule has 1 unspecified atom stereocenters. The van der Waals surface area contributed by atoms with Gasteiger partial charge < -0.3 is 14.2 Å². The lowest BCUT2D eigenvalue weighted by atomic mass is 10.2. The molecule has 132 valence electrons. The van der Waals surface area contributed by atoms with Crippen LogP contribution in [0.5, 0.6) is 17.2 Å². The molecule has 1 aliphatic heterocycles. The predicted octanol–water partition coefficient (Wildman–Crippen LogP) is 3.92. The number of para-hydroxylation sites is 2. The molecular weight excluding hydrogens is 352 g/mol. The van der Waals surface area contributed by atoms with Gasteiger partial charge in [0.05, 0.1) is 12.8 Å². The Morgan fingerprint density at radius 3 is 2.73 bits per heavy atom. The van der Waals surface area contributed by atoms with Gasteiger partial charge in [-0.2, -0.15) is 0 Å². The summed E-state index contributed by atoms with van der Waals surface area (Å²) < 4.78 is 16.7. The number of hydrogen-bond donors (Lipinski definition) is 1. The van der Waals surface area contributed by atoms with E-state index in [1.165, 1.54) is 11.3 Å². The molecule has 0 aliphatic carbocycles. The summed E-state index contributed by atoms with van der Waals surface area (Å²) in [6.07, 6.45) is -0.298. The van der Waals surface area contributed by atoms with Gasteiger partial charge in [-0.05, 0) is 36.4 Å². The van der Waals surface area contributed by atoms with Crippen molar-refractivity contribution >= 4 is 22.4 Å². The number of nitrogens with one attached hydrogen (secondary N) is 1. The molecule has 1 atom stereocenters. The maximum Gasteiger partial charge on any atom is 0.257 e. The van der Waals surface area contributed by atoms with Crippen molar-refractivity contribution < 1.29 is 19.0 Å². The number of ether oxygens (including phenoxy) is 3. The Morgan fingerprint density at radius 2 is 1.96 bits per heavy atom. The lowest BCUT2D eigenvalue weighted by molar-refractivity contribution is 0.0888. The number of carbonyl (C=O) groups excluding carboxylic acids is 1. The van der Waals surface area contributed by atoms with Crippen LogP contribution in [0.3, 0.4) is 0 Å². The topological polar surface area (TPSA) is 69.7 Å². The lowest BCUT2D eigenvalue weighted by Crippen LogP contribution is -2.22. The van der Waals surface area contributed by atoms with E-state index in [2.05, 4.69) is 10.3 Å². The third kappa shape index (κ3) is 3.34. The van der Waals surface area contributed by atoms with Crippen LogP contribution in [0.25, 0.3) is 0 Å². The molecule has 0 fully saturated rings. The minimum atomic E-state index is -0.298. The van der Waals surface area contributed by atoms with Crippen LogP contribution in [0.2, 0.25) is 0 Å². The molecule has 0 radical (unpaired) electrons. The number of methoxy groups -OCH3 is 1. The van der Waals surface area contributed by atoms with Gasteiger partial charge in [0.2, 0.25) is 0 Å². The Kier molecular flexibility index (Phi) is 4.45. The average molecular weight is 368 g/mol. The van der Waals surface area contributed by atoms with Crippen LogP contribution in [-0.4, -0.2) is 24.6 Å². The summed E-state index contributed by atoms with van der Waals surface area (Å²) in [4.78, 5) is 16.8. The molecule has 0 saturated heterocycles. The average Bonchev–Trinajstić information content (AvgIpc) is 3.16. The van der Waals surface area contributed by atoms with Crippen LogP contribution in [0.4, 0.5) is 5.13 Å². The van der Waals surface area contributed by atoms with Crippen LogP contribution < -0.4 is 19.5 Å². The highest BCUT2D eigenvalue weighted by molar-refractivity contribution is 7.14. The molecule has 2 heterocycles. The number of amides is 1. The number of fused-ring (bicyclic) bond motifs is 1. The van der Waals surface area contributed by atoms with E-state index in [0.29, 0.717) is 28.8 Å². The van der Waals surface area contributed by atoms with E-state index in [4.69, 9.17) is 14.2 Å². The quantitative estimate of drug-likeness (QED) is 0.756. The first-order valence-electron chi connectivity index (χ1n) is 8.02. The van der Waals surface area contributed by atoms with E-state index < -0.39 is 0 Å². The molecule has 1 aliphatic rings. The number of thiazole rings is 1. The van der Waals surface area contributed by atoms with Gasteiger partial charge in [0, 0.05) is 10.9 Å². The second kappa shape index (κ2) is 7.05. The molecule has 3 aromatic rings. The number of anilines is 1. The Hall–Kier alpha value is -3.06. The first-order chi connectivity index (χ1) is 12.7. The third-order valence-electron chi connectivity index (χ3n) is 3.93. The van der Waals surface area contributed by atoms with Gasteiger partial charge in [0.1, 0.15) is 12.4 Å². The molecule has 4 rings (SSSR count). The first-order valence-corrected chi connectivity index (χ1v) is 8.90. The van der Waals surface area contributed by atoms with E-state index >= 15 is 0 Å². The standard InChI is InChI=1S/C19H16N2O4S/c1-23-13-8-6-12(7-9-13)18(22)21-19-20-14(11-26-19)17-10-24-15-4-2-3-5-16(15)25-17/h2-9,11,17H,10H2,1H3,(H,20,21,22). The van der Waals surface area contributed by atoms with Crippen LogP contribution in [0, 0.1) is 0 Å². The number of hydrogen-bond acceptors (Lipinski definition) is 6. The summed E-state index contributed by atoms with van der Waals surface area (Å²) in [5.41, 5.74) is 1.27. The molecule has 6 nitrogen and oxygen atoms in total. The van der Waals surface area contributed by atoms with E-state index in [9.17, 15) is 4.79 Å². The Bertz CT molecular complexity index is 923. The summed E-state index contributed by atoms with van der Waals surface area (Å²) in [6.45, 7) is 0.382. The van der Waals surface area contributed by atoms with Crippen LogP contribution in [-0.2, 0) is 0 Å². The zero-order valence-electron chi connectivity index (χ0n) is 14.0. The second-order valence-electron chi connectivity index (χ2n) is 5.62. The smallest absolute Gasteiger partial charge is 0.257 e. The van der Waals surface area contributed by atoms with Crippen molar-refractivity contribution in [1.82, 2.24) is 4.98 Å². The van der Waals surface area contributed by atoms with Crippen molar-refractivity contribution in [2.75, 3.05) is 19.0 Å². The molecule has 1 N–H and O–H groups in total. The van der Waals surface area contributed by atoms with Crippen molar-refractivity contribution in [3.63, 3.8) is 0 Å². The second-order valence-corrected chi connectivity index (χ2v) is 6.48. The highest BCUT2D eigenvalue weighted by Gasteiger charge is 2.24. The fraction of sp³-hybridized carbons (Fsp3) is 0.158. The molecule has 7 heteroatoms. The number of carbonyl (C=O) groups is 1. The normalized spacial score (nSPS) is 15.3. The number of aromatic nitrogens is 1. The summed E-state index contributed by atoms with van der Waals surface area (Å²) in [5.74, 6) is 1.90. The van der Waals surface area contributed by atoms with Crippen molar-refractivity contribution in [2.45, 2.75) is 6.10 Å². The van der Waals surface area contributed by atoms with Crippen molar-refractivity contribution in [3.8, 4) is 17.2 Å². The van der Waals surface area contributed by atoms with Gasteiger partial charge in [-0.3, -0.25) is 10.1 Å². The van der Waals surface area contributed by atoms with Gasteiger partial charge in [0.15, 0.2) is 22.7 Å². The SMILES string of the molecule is COc1ccc(C(=O)Nc2nc(C3COc4ccccc4O3)cs2)cc1. The van der Waals surface area contributed by atoms with Crippen molar-refractivity contribution in [1.29, 1.82) is 0 Å². The van der Waals surface area contributed by atoms with Crippen LogP contribution in [0.15, 0.2) is 53.9 Å². The highest BCUT2D eigenvalue weighted by atomic mass is 32.1. The van der Waals surface area contributed by atoms with E-state index in [0.717, 1.165) is 11.4 Å². The molecule has 1 aromatic heterocycles. The van der Waals surface area contributed by atoms with Gasteiger partial charge in [-0.15, -0.1) is 11.3 Å². The number of nitrogens with zero attached hydrogens (tertiary/aromatic N) is 1. The van der Waals surface area contributed by atoms with Crippen LogP contribution >= 0.6 is 11.3 Å². The van der Waals surface area contributed by atoms with Gasteiger partial charge in [-0.1, -0.05) is 12.1 Å². The van der Waals surface area contributed by atoms with E-state index in [1.807, 2.05) is 29.6 Å². The Morgan fingerprint density at radius 1 is 1.19 bits per heavy atom. The molecule has 2 aromatic carbocycles. The fourth-order valence-corrected chi connectivity index (χ4v) is 3.32. The number of benzene rings is 2. The van der Waals surface area contributed by atoms with Crippen molar-refractivity contribution in [2.24, 2.45) is 0 Å². The summed E-state index contributed by atoms with van der Waals surface area (Å²) in [6, 6.07) is 14.4. The zero-order chi connectivity index (χ0) is 17.9. The Labute approximate surface area is 154 Å². The first kappa shape index (κ1) is 16.4. The third-order valence-corrected chi connectivity index (χ3v) is 4.71. The molecule has 0 spiro atoms. The van der Waals surface area contributed by atoms with Gasteiger partial charge in [0.25, 0.3) is 5.91 Å². The molecule has 0 saturated carbocycles. The summed E-state index contributed by atoms with van der Waals surface area (Å²) in [5, 5.41) is 5.19. The minimum Gasteiger partial charge on any atom is -0.497 e. The summed E-state index contributed by atoms with van der Waals surface area (Å²) >= 11 is 1.35. The zero-order valence-corrected chi connectivity index (χ0v) is 14.8. The van der Waals surface area contributed by atoms with Gasteiger partial charge in [-0.25, -0.2) is 4.98 Å². The predicted molar refractivity (Wildman–Crippen MR) is 98.4 cm³/mol. The molecular formula is C19H16N2O4S. The molecule has 26 heavy (non-hydrogen) atoms. The van der Waals surface area contributed by atoms with E-state index in [1.54, 1.807) is 31.4 Å². The minimum absolute atomic E-state index is 0.222. The van der Waals surface area contributed by atoms with Crippen molar-refractivity contribution in [3.05, 3.63) is 65.2 Å². The number of rotatable bonds is 4. The van der Waals surface area contributed by atoms with E-state index in [-0.39, 0.29) is 12.0 Å². The van der Waals surface area contributed by atoms with Gasteiger partial charge >= 0.3 is 0 Å². The largest absolute Gasteiger partial charge is 0.497 e. The summed E-state index contributed by atoms with van der Waals surface area (Å²) in [7, 11) is 1.58. The maximum absolute atomic E-state index is 12.3. The maximum atomic E-state index is 12.3. The molecule has 0 bridgehead atoms. The Balaban J connectivity index is 1.44. The van der Waals surface area contributed by atoms with Crippen LogP contribution in [0.1, 0.15) is 22.2 Å². The highest BCUT2D eigenvalue weighted by Crippen LogP contribution is 2.36. The lowest BCUT2D eigenvalue weighted by Gasteiger charge is -2.25. The fourth-order valence-electron chi connectivity index (χ4n) is 2.57. The molecule has 1 amide bonds. The monoisotopic (exact) mass is 368 g/mol.